The lowest BCUT2D eigenvalue weighted by Crippen LogP contribution is -2.44. The van der Waals surface area contributed by atoms with Crippen molar-refractivity contribution in [3.63, 3.8) is 0 Å². The number of rotatable bonds is 0. The summed E-state index contributed by atoms with van der Waals surface area (Å²) in [6.45, 7) is -0.270. The number of ketones is 1. The molecule has 2 nitrogen and oxygen atoms in total. The fraction of sp³-hybridized carbons (Fsp3) is 0.800. The lowest BCUT2D eigenvalue weighted by molar-refractivity contribution is -0.129. The largest absolute Gasteiger partial charge is 0.304 e. The maximum absolute atomic E-state index is 12.2. The molecule has 0 bridgehead atoms. The van der Waals surface area contributed by atoms with Gasteiger partial charge in [-0.15, -0.1) is 0 Å². The maximum Gasteiger partial charge on any atom is 0.267 e. The molecule has 0 spiro atoms. The Labute approximate surface area is 51.2 Å². The fourth-order valence-corrected chi connectivity index (χ4v) is 0.798. The normalized spacial score (nSPS) is 26.2. The molecule has 0 aromatic heterocycles. The molecule has 1 rings (SSSR count). The van der Waals surface area contributed by atoms with E-state index in [2.05, 4.69) is 5.32 Å². The molecule has 1 N–H and O–H groups in total. The van der Waals surface area contributed by atoms with E-state index in [4.69, 9.17) is 0 Å². The highest BCUT2D eigenvalue weighted by atomic mass is 19.3. The molecule has 52 valence electrons. The number of hydrogen-bond donors (Lipinski definition) is 1. The molecule has 9 heavy (non-hydrogen) atoms. The molecule has 0 aromatic carbocycles. The number of halogens is 2. The third-order valence-electron chi connectivity index (χ3n) is 1.16. The zero-order valence-corrected chi connectivity index (χ0v) is 4.79. The quantitative estimate of drug-likeness (QED) is 0.513. The summed E-state index contributed by atoms with van der Waals surface area (Å²) in [4.78, 5) is 10.3. The van der Waals surface area contributed by atoms with E-state index in [1.807, 2.05) is 0 Å². The van der Waals surface area contributed by atoms with Crippen molar-refractivity contribution in [1.82, 2.24) is 5.32 Å². The molecule has 0 atom stereocenters. The number of piperidine rings is 1. The number of nitrogens with one attached hydrogen (secondary N) is 1. The predicted octanol–water partition coefficient (Wildman–Crippen LogP) is 0.184. The van der Waals surface area contributed by atoms with Crippen LogP contribution < -0.4 is 5.32 Å². The van der Waals surface area contributed by atoms with Crippen molar-refractivity contribution >= 4 is 5.78 Å². The van der Waals surface area contributed by atoms with Gasteiger partial charge in [0.2, 0.25) is 0 Å². The Morgan fingerprint density at radius 3 is 2.56 bits per heavy atom. The summed E-state index contributed by atoms with van der Waals surface area (Å²) in [5, 5.41) is 2.33. The van der Waals surface area contributed by atoms with Gasteiger partial charge in [0.15, 0.2) is 5.78 Å². The van der Waals surface area contributed by atoms with Crippen LogP contribution in [0.15, 0.2) is 0 Å². The van der Waals surface area contributed by atoms with Crippen LogP contribution in [0.3, 0.4) is 0 Å². The minimum Gasteiger partial charge on any atom is -0.304 e. The highest BCUT2D eigenvalue weighted by Crippen LogP contribution is 2.19. The van der Waals surface area contributed by atoms with E-state index < -0.39 is 18.1 Å². The van der Waals surface area contributed by atoms with Crippen LogP contribution >= 0.6 is 0 Å². The smallest absolute Gasteiger partial charge is 0.267 e. The van der Waals surface area contributed by atoms with Crippen LogP contribution in [0.2, 0.25) is 0 Å². The van der Waals surface area contributed by atoms with Gasteiger partial charge >= 0.3 is 0 Å². The van der Waals surface area contributed by atoms with Gasteiger partial charge in [0.1, 0.15) is 0 Å². The van der Waals surface area contributed by atoms with Gasteiger partial charge in [0.25, 0.3) is 5.92 Å². The van der Waals surface area contributed by atoms with Gasteiger partial charge < -0.3 is 5.32 Å². The molecule has 4 heteroatoms. The number of hydrogen-bond acceptors (Lipinski definition) is 2. The Balaban J connectivity index is 2.51. The highest BCUT2D eigenvalue weighted by molar-refractivity contribution is 5.82. The van der Waals surface area contributed by atoms with E-state index in [1.165, 1.54) is 0 Å². The van der Waals surface area contributed by atoms with E-state index in [0.29, 0.717) is 0 Å². The van der Waals surface area contributed by atoms with E-state index in [1.54, 1.807) is 0 Å². The summed E-state index contributed by atoms with van der Waals surface area (Å²) < 4.78 is 24.3. The second kappa shape index (κ2) is 2.02. The summed E-state index contributed by atoms with van der Waals surface area (Å²) >= 11 is 0. The lowest BCUT2D eigenvalue weighted by Gasteiger charge is -2.20. The molecule has 1 saturated heterocycles. The average molecular weight is 135 g/mol. The van der Waals surface area contributed by atoms with Crippen LogP contribution in [0, 0.1) is 0 Å². The standard InChI is InChI=1S/C5H7F2NO/c6-5(7)1-4(9)2-8-3-5/h8H,1-3H2. The number of alkyl halides is 2. The molecule has 0 aromatic rings. The lowest BCUT2D eigenvalue weighted by atomic mass is 10.1. The molecule has 0 radical (unpaired) electrons. The fourth-order valence-electron chi connectivity index (χ4n) is 0.798. The highest BCUT2D eigenvalue weighted by Gasteiger charge is 2.34. The van der Waals surface area contributed by atoms with Gasteiger partial charge in [-0.25, -0.2) is 8.78 Å². The molecular weight excluding hydrogens is 128 g/mol. The second-order valence-corrected chi connectivity index (χ2v) is 2.17. The SMILES string of the molecule is O=C1CNCC(F)(F)C1. The Morgan fingerprint density at radius 1 is 1.56 bits per heavy atom. The molecule has 1 heterocycles. The third kappa shape index (κ3) is 1.71. The summed E-state index contributed by atoms with van der Waals surface area (Å²) in [6, 6.07) is 0. The first-order valence-electron chi connectivity index (χ1n) is 2.70. The van der Waals surface area contributed by atoms with Gasteiger partial charge in [-0.2, -0.15) is 0 Å². The molecule has 1 aliphatic rings. The summed E-state index contributed by atoms with van der Waals surface area (Å²) in [7, 11) is 0. The first-order valence-corrected chi connectivity index (χ1v) is 2.70. The first kappa shape index (κ1) is 6.61. The average Bonchev–Trinajstić information content (AvgIpc) is 1.60. The minimum atomic E-state index is -2.81. The predicted molar refractivity (Wildman–Crippen MR) is 27.4 cm³/mol. The second-order valence-electron chi connectivity index (χ2n) is 2.17. The Bertz CT molecular complexity index is 135. The number of carbonyl (C=O) groups excluding carboxylic acids is 1. The van der Waals surface area contributed by atoms with E-state index in [-0.39, 0.29) is 13.1 Å². The van der Waals surface area contributed by atoms with Crippen LogP contribution in [-0.2, 0) is 4.79 Å². The van der Waals surface area contributed by atoms with Crippen molar-refractivity contribution in [2.24, 2.45) is 0 Å². The van der Waals surface area contributed by atoms with Crippen molar-refractivity contribution < 1.29 is 13.6 Å². The monoisotopic (exact) mass is 135 g/mol. The van der Waals surface area contributed by atoms with Crippen LogP contribution in [0.25, 0.3) is 0 Å². The van der Waals surface area contributed by atoms with Crippen molar-refractivity contribution in [1.29, 1.82) is 0 Å². The maximum atomic E-state index is 12.2. The molecule has 1 fully saturated rings. The van der Waals surface area contributed by atoms with Crippen molar-refractivity contribution in [3.05, 3.63) is 0 Å². The zero-order valence-electron chi connectivity index (χ0n) is 4.79. The number of Topliss-reactive ketones (excluding diaryl/α,β-unsaturated/α-hetero) is 1. The van der Waals surface area contributed by atoms with Gasteiger partial charge in [0.05, 0.1) is 19.5 Å². The molecule has 0 saturated carbocycles. The summed E-state index contributed by atoms with van der Waals surface area (Å²) in [5.41, 5.74) is 0. The van der Waals surface area contributed by atoms with Crippen LogP contribution in [0.1, 0.15) is 6.42 Å². The van der Waals surface area contributed by atoms with Gasteiger partial charge in [-0.05, 0) is 0 Å². The molecule has 0 amide bonds. The first-order chi connectivity index (χ1) is 4.10. The van der Waals surface area contributed by atoms with Crippen molar-refractivity contribution in [2.45, 2.75) is 12.3 Å². The van der Waals surface area contributed by atoms with Gasteiger partial charge in [-0.3, -0.25) is 4.79 Å². The van der Waals surface area contributed by atoms with E-state index >= 15 is 0 Å². The van der Waals surface area contributed by atoms with Crippen molar-refractivity contribution in [2.75, 3.05) is 13.1 Å². The molecule has 1 aliphatic heterocycles. The van der Waals surface area contributed by atoms with Gasteiger partial charge in [-0.1, -0.05) is 0 Å². The molecule has 0 unspecified atom stereocenters. The zero-order chi connectivity index (χ0) is 6.91. The van der Waals surface area contributed by atoms with Crippen LogP contribution in [0.4, 0.5) is 8.78 Å². The summed E-state index contributed by atoms with van der Waals surface area (Å²) in [6.07, 6.45) is -0.597. The van der Waals surface area contributed by atoms with Crippen LogP contribution in [0.5, 0.6) is 0 Å². The van der Waals surface area contributed by atoms with Crippen LogP contribution in [-0.4, -0.2) is 24.8 Å². The minimum absolute atomic E-state index is 0.0928. The van der Waals surface area contributed by atoms with Gasteiger partial charge in [0, 0.05) is 0 Å². The molecular formula is C5H7F2NO. The van der Waals surface area contributed by atoms with E-state index in [0.717, 1.165) is 0 Å². The Kier molecular flexibility index (Phi) is 1.48. The molecule has 0 aliphatic carbocycles. The Morgan fingerprint density at radius 2 is 2.22 bits per heavy atom. The summed E-state index contributed by atoms with van der Waals surface area (Å²) in [5.74, 6) is -3.22. The third-order valence-corrected chi connectivity index (χ3v) is 1.16. The van der Waals surface area contributed by atoms with Crippen molar-refractivity contribution in [3.8, 4) is 0 Å². The topological polar surface area (TPSA) is 29.1 Å². The number of carbonyl (C=O) groups is 1. The Hall–Kier alpha value is -0.510. The van der Waals surface area contributed by atoms with E-state index in [9.17, 15) is 13.6 Å².